The number of benzene rings is 1. The zero-order valence-electron chi connectivity index (χ0n) is 16.1. The van der Waals surface area contributed by atoms with Crippen LogP contribution in [0.4, 0.5) is 11.6 Å². The molecule has 0 fully saturated rings. The van der Waals surface area contributed by atoms with E-state index in [0.29, 0.717) is 22.4 Å². The fourth-order valence-corrected chi connectivity index (χ4v) is 2.89. The summed E-state index contributed by atoms with van der Waals surface area (Å²) in [5, 5.41) is 4.18. The third kappa shape index (κ3) is 6.41. The SMILES string of the molecule is COc1ccc(OCc2ccc(/C=N/NC(=O)CSc3nc(N)cc(N)n3)o2)cc1. The molecule has 0 saturated heterocycles. The molecule has 156 valence electrons. The summed E-state index contributed by atoms with van der Waals surface area (Å²) in [6, 6.07) is 12.2. The highest BCUT2D eigenvalue weighted by Gasteiger charge is 2.06. The number of nitrogens with one attached hydrogen (secondary N) is 1. The number of amides is 1. The van der Waals surface area contributed by atoms with E-state index in [2.05, 4.69) is 20.5 Å². The standard InChI is InChI=1S/C19H20N6O4S/c1-27-12-2-4-13(5-3-12)28-10-15-7-6-14(29-15)9-22-25-18(26)11-30-19-23-16(20)8-17(21)24-19/h2-9H,10-11H2,1H3,(H,25,26)(H4,20,21,23,24)/b22-9+. The van der Waals surface area contributed by atoms with Gasteiger partial charge in [-0.2, -0.15) is 5.10 Å². The Labute approximate surface area is 176 Å². The third-order valence-corrected chi connectivity index (χ3v) is 4.43. The lowest BCUT2D eigenvalue weighted by atomic mass is 10.3. The summed E-state index contributed by atoms with van der Waals surface area (Å²) in [6.07, 6.45) is 1.40. The van der Waals surface area contributed by atoms with Crippen molar-refractivity contribution in [1.82, 2.24) is 15.4 Å². The van der Waals surface area contributed by atoms with Gasteiger partial charge in [-0.25, -0.2) is 15.4 Å². The summed E-state index contributed by atoms with van der Waals surface area (Å²) in [4.78, 5) is 19.8. The Morgan fingerprint density at radius 3 is 2.57 bits per heavy atom. The number of anilines is 2. The number of aromatic nitrogens is 2. The van der Waals surface area contributed by atoms with E-state index in [4.69, 9.17) is 25.4 Å². The van der Waals surface area contributed by atoms with E-state index < -0.39 is 0 Å². The summed E-state index contributed by atoms with van der Waals surface area (Å²) >= 11 is 1.10. The summed E-state index contributed by atoms with van der Waals surface area (Å²) in [5.74, 6) is 2.74. The number of thioether (sulfide) groups is 1. The third-order valence-electron chi connectivity index (χ3n) is 3.58. The van der Waals surface area contributed by atoms with Crippen molar-refractivity contribution in [2.45, 2.75) is 11.8 Å². The molecular weight excluding hydrogens is 408 g/mol. The monoisotopic (exact) mass is 428 g/mol. The van der Waals surface area contributed by atoms with Gasteiger partial charge in [0.1, 0.15) is 41.3 Å². The normalized spacial score (nSPS) is 10.8. The van der Waals surface area contributed by atoms with Crippen molar-refractivity contribution in [2.24, 2.45) is 5.10 Å². The number of nitrogens with zero attached hydrogens (tertiary/aromatic N) is 3. The second-order valence-corrected chi connectivity index (χ2v) is 6.79. The Morgan fingerprint density at radius 1 is 1.17 bits per heavy atom. The van der Waals surface area contributed by atoms with Crippen LogP contribution < -0.4 is 26.4 Å². The Kier molecular flexibility index (Phi) is 7.11. The van der Waals surface area contributed by atoms with E-state index in [1.54, 1.807) is 31.4 Å². The number of methoxy groups -OCH3 is 1. The van der Waals surface area contributed by atoms with E-state index in [-0.39, 0.29) is 29.9 Å². The smallest absolute Gasteiger partial charge is 0.250 e. The molecule has 0 aliphatic carbocycles. The summed E-state index contributed by atoms with van der Waals surface area (Å²) in [7, 11) is 1.60. The van der Waals surface area contributed by atoms with Crippen LogP contribution in [0.3, 0.4) is 0 Å². The van der Waals surface area contributed by atoms with Gasteiger partial charge in [0.2, 0.25) is 0 Å². The molecule has 11 heteroatoms. The topological polar surface area (TPSA) is 151 Å². The number of hydrogen-bond donors (Lipinski definition) is 3. The van der Waals surface area contributed by atoms with E-state index >= 15 is 0 Å². The summed E-state index contributed by atoms with van der Waals surface area (Å²) in [5.41, 5.74) is 13.6. The van der Waals surface area contributed by atoms with Crippen molar-refractivity contribution >= 4 is 35.5 Å². The van der Waals surface area contributed by atoms with Crippen LogP contribution in [0.1, 0.15) is 11.5 Å². The number of nitrogen functional groups attached to an aromatic ring is 2. The van der Waals surface area contributed by atoms with Gasteiger partial charge in [0.05, 0.1) is 19.1 Å². The van der Waals surface area contributed by atoms with Crippen molar-refractivity contribution in [3.63, 3.8) is 0 Å². The molecule has 5 N–H and O–H groups in total. The molecule has 0 radical (unpaired) electrons. The molecule has 0 aliphatic rings. The number of carbonyl (C=O) groups is 1. The highest BCUT2D eigenvalue weighted by molar-refractivity contribution is 7.99. The molecule has 2 aromatic heterocycles. The van der Waals surface area contributed by atoms with Crippen LogP contribution in [0.25, 0.3) is 0 Å². The van der Waals surface area contributed by atoms with Gasteiger partial charge in [-0.1, -0.05) is 11.8 Å². The molecule has 30 heavy (non-hydrogen) atoms. The zero-order valence-corrected chi connectivity index (χ0v) is 16.9. The van der Waals surface area contributed by atoms with E-state index in [1.165, 1.54) is 12.3 Å². The maximum absolute atomic E-state index is 11.9. The maximum Gasteiger partial charge on any atom is 0.250 e. The minimum Gasteiger partial charge on any atom is -0.497 e. The van der Waals surface area contributed by atoms with Crippen molar-refractivity contribution in [2.75, 3.05) is 24.3 Å². The quantitative estimate of drug-likeness (QED) is 0.201. The molecule has 0 unspecified atom stereocenters. The molecule has 0 aliphatic heterocycles. The fourth-order valence-electron chi connectivity index (χ4n) is 2.22. The van der Waals surface area contributed by atoms with Crippen LogP contribution >= 0.6 is 11.8 Å². The highest BCUT2D eigenvalue weighted by atomic mass is 32.2. The first-order chi connectivity index (χ1) is 14.5. The van der Waals surface area contributed by atoms with Gasteiger partial charge in [-0.15, -0.1) is 0 Å². The molecular formula is C19H20N6O4S. The molecule has 1 amide bonds. The number of nitrogens with two attached hydrogens (primary N) is 2. The van der Waals surface area contributed by atoms with Crippen molar-refractivity contribution in [3.05, 3.63) is 54.0 Å². The number of hydrazone groups is 1. The minimum absolute atomic E-state index is 0.0549. The van der Waals surface area contributed by atoms with Crippen LogP contribution in [0.2, 0.25) is 0 Å². The fraction of sp³-hybridized carbons (Fsp3) is 0.158. The van der Waals surface area contributed by atoms with Gasteiger partial charge in [0.25, 0.3) is 5.91 Å². The molecule has 3 aromatic rings. The van der Waals surface area contributed by atoms with Gasteiger partial charge in [-0.05, 0) is 36.4 Å². The van der Waals surface area contributed by atoms with Crippen LogP contribution in [-0.4, -0.2) is 35.0 Å². The Hall–Kier alpha value is -3.73. The second kappa shape index (κ2) is 10.2. The Bertz CT molecular complexity index is 1000. The van der Waals surface area contributed by atoms with Crippen LogP contribution in [0.5, 0.6) is 11.5 Å². The maximum atomic E-state index is 11.9. The largest absolute Gasteiger partial charge is 0.497 e. The van der Waals surface area contributed by atoms with Crippen molar-refractivity contribution < 1.29 is 18.7 Å². The lowest BCUT2D eigenvalue weighted by Gasteiger charge is -2.05. The van der Waals surface area contributed by atoms with Crippen LogP contribution in [-0.2, 0) is 11.4 Å². The van der Waals surface area contributed by atoms with E-state index in [0.717, 1.165) is 17.5 Å². The lowest BCUT2D eigenvalue weighted by molar-refractivity contribution is -0.118. The first-order valence-corrected chi connectivity index (χ1v) is 9.70. The number of ether oxygens (including phenoxy) is 2. The molecule has 0 saturated carbocycles. The number of furan rings is 1. The number of rotatable bonds is 9. The van der Waals surface area contributed by atoms with Crippen molar-refractivity contribution in [1.29, 1.82) is 0 Å². The lowest BCUT2D eigenvalue weighted by Crippen LogP contribution is -2.19. The predicted molar refractivity (Wildman–Crippen MR) is 113 cm³/mol. The zero-order chi connectivity index (χ0) is 21.3. The molecule has 10 nitrogen and oxygen atoms in total. The number of carbonyl (C=O) groups excluding carboxylic acids is 1. The predicted octanol–water partition coefficient (Wildman–Crippen LogP) is 2.06. The second-order valence-electron chi connectivity index (χ2n) is 5.85. The number of hydrogen-bond acceptors (Lipinski definition) is 10. The van der Waals surface area contributed by atoms with Gasteiger partial charge in [0, 0.05) is 6.07 Å². The van der Waals surface area contributed by atoms with E-state index in [1.807, 2.05) is 12.1 Å². The average molecular weight is 428 g/mol. The average Bonchev–Trinajstić information content (AvgIpc) is 3.18. The minimum atomic E-state index is -0.338. The Morgan fingerprint density at radius 2 is 1.87 bits per heavy atom. The first-order valence-electron chi connectivity index (χ1n) is 8.72. The van der Waals surface area contributed by atoms with Gasteiger partial charge in [-0.3, -0.25) is 4.79 Å². The Balaban J connectivity index is 1.42. The molecule has 1 aromatic carbocycles. The van der Waals surface area contributed by atoms with Crippen molar-refractivity contribution in [3.8, 4) is 11.5 Å². The molecule has 0 spiro atoms. The summed E-state index contributed by atoms with van der Waals surface area (Å²) in [6.45, 7) is 0.256. The highest BCUT2D eigenvalue weighted by Crippen LogP contribution is 2.19. The molecule has 2 heterocycles. The summed E-state index contributed by atoms with van der Waals surface area (Å²) < 4.78 is 16.3. The molecule has 0 bridgehead atoms. The molecule has 0 atom stereocenters. The van der Waals surface area contributed by atoms with Gasteiger partial charge in [0.15, 0.2) is 5.16 Å². The van der Waals surface area contributed by atoms with Crippen LogP contribution in [0.15, 0.2) is 57.1 Å². The first kappa shape index (κ1) is 21.0. The van der Waals surface area contributed by atoms with Crippen LogP contribution in [0, 0.1) is 0 Å². The molecule has 3 rings (SSSR count). The van der Waals surface area contributed by atoms with Gasteiger partial charge >= 0.3 is 0 Å². The van der Waals surface area contributed by atoms with Gasteiger partial charge < -0.3 is 25.4 Å². The van der Waals surface area contributed by atoms with E-state index in [9.17, 15) is 4.79 Å².